The maximum atomic E-state index is 11.7. The van der Waals surface area contributed by atoms with Crippen molar-refractivity contribution in [1.82, 2.24) is 5.32 Å². The second kappa shape index (κ2) is 5.68. The predicted octanol–water partition coefficient (Wildman–Crippen LogP) is 1.04. The Balaban J connectivity index is 2.38. The van der Waals surface area contributed by atoms with Gasteiger partial charge in [0.05, 0.1) is 5.41 Å². The number of benzene rings is 1. The van der Waals surface area contributed by atoms with E-state index in [0.717, 1.165) is 12.0 Å². The molecule has 1 aromatic rings. The zero-order valence-corrected chi connectivity index (χ0v) is 10.4. The number of phenols is 1. The first kappa shape index (κ1) is 13.5. The van der Waals surface area contributed by atoms with Crippen LogP contribution in [0.5, 0.6) is 5.75 Å². The van der Waals surface area contributed by atoms with Crippen LogP contribution >= 0.6 is 0 Å². The highest BCUT2D eigenvalue weighted by Crippen LogP contribution is 2.12. The summed E-state index contributed by atoms with van der Waals surface area (Å²) in [6.45, 7) is 4.55. The van der Waals surface area contributed by atoms with Crippen LogP contribution in [0.15, 0.2) is 24.3 Å². The number of nitrogens with one attached hydrogen (secondary N) is 1. The average molecular weight is 236 g/mol. The summed E-state index contributed by atoms with van der Waals surface area (Å²) in [6.07, 6.45) is 0.743. The van der Waals surface area contributed by atoms with Gasteiger partial charge in [0, 0.05) is 13.1 Å². The van der Waals surface area contributed by atoms with E-state index in [-0.39, 0.29) is 11.7 Å². The molecule has 1 amide bonds. The number of amides is 1. The first-order valence-electron chi connectivity index (χ1n) is 5.72. The molecule has 0 aliphatic rings. The van der Waals surface area contributed by atoms with Crippen LogP contribution in [0.4, 0.5) is 0 Å². The summed E-state index contributed by atoms with van der Waals surface area (Å²) >= 11 is 0. The molecule has 0 aliphatic heterocycles. The van der Waals surface area contributed by atoms with Crippen LogP contribution in [0.3, 0.4) is 0 Å². The van der Waals surface area contributed by atoms with Gasteiger partial charge in [-0.1, -0.05) is 12.1 Å². The fraction of sp³-hybridized carbons (Fsp3) is 0.462. The van der Waals surface area contributed by atoms with Gasteiger partial charge in [0.1, 0.15) is 5.75 Å². The van der Waals surface area contributed by atoms with Crippen molar-refractivity contribution in [2.24, 2.45) is 11.1 Å². The van der Waals surface area contributed by atoms with Crippen molar-refractivity contribution in [1.29, 1.82) is 0 Å². The molecule has 0 aromatic heterocycles. The number of hydrogen-bond donors (Lipinski definition) is 3. The van der Waals surface area contributed by atoms with Gasteiger partial charge in [-0.05, 0) is 38.0 Å². The van der Waals surface area contributed by atoms with Crippen molar-refractivity contribution >= 4 is 5.91 Å². The van der Waals surface area contributed by atoms with E-state index in [2.05, 4.69) is 5.32 Å². The summed E-state index contributed by atoms with van der Waals surface area (Å²) in [7, 11) is 0. The van der Waals surface area contributed by atoms with Crippen LogP contribution < -0.4 is 11.1 Å². The van der Waals surface area contributed by atoms with Gasteiger partial charge in [0.15, 0.2) is 0 Å². The molecule has 4 nitrogen and oxygen atoms in total. The molecule has 0 fully saturated rings. The molecule has 17 heavy (non-hydrogen) atoms. The molecule has 0 saturated heterocycles. The molecular weight excluding hydrogens is 216 g/mol. The SMILES string of the molecule is CC(C)(CN)C(=O)NCCc1ccc(O)cc1. The standard InChI is InChI=1S/C13H20N2O2/c1-13(2,9-14)12(17)15-8-7-10-3-5-11(16)6-4-10/h3-6,16H,7-9,14H2,1-2H3,(H,15,17). The van der Waals surface area contributed by atoms with Gasteiger partial charge in [0.25, 0.3) is 0 Å². The summed E-state index contributed by atoms with van der Waals surface area (Å²) < 4.78 is 0. The zero-order chi connectivity index (χ0) is 12.9. The lowest BCUT2D eigenvalue weighted by Gasteiger charge is -2.21. The van der Waals surface area contributed by atoms with E-state index in [4.69, 9.17) is 10.8 Å². The largest absolute Gasteiger partial charge is 0.508 e. The topological polar surface area (TPSA) is 75.4 Å². The second-order valence-corrected chi connectivity index (χ2v) is 4.76. The summed E-state index contributed by atoms with van der Waals surface area (Å²) in [5.74, 6) is 0.223. The van der Waals surface area contributed by atoms with Crippen LogP contribution in [-0.2, 0) is 11.2 Å². The summed E-state index contributed by atoms with van der Waals surface area (Å²) in [4.78, 5) is 11.7. The van der Waals surface area contributed by atoms with Gasteiger partial charge < -0.3 is 16.2 Å². The van der Waals surface area contributed by atoms with E-state index in [1.807, 2.05) is 26.0 Å². The Bertz CT molecular complexity index is 372. The highest BCUT2D eigenvalue weighted by Gasteiger charge is 2.24. The van der Waals surface area contributed by atoms with Crippen molar-refractivity contribution < 1.29 is 9.90 Å². The van der Waals surface area contributed by atoms with Gasteiger partial charge in [-0.25, -0.2) is 0 Å². The number of hydrogen-bond acceptors (Lipinski definition) is 3. The fourth-order valence-electron chi connectivity index (χ4n) is 1.31. The van der Waals surface area contributed by atoms with Gasteiger partial charge >= 0.3 is 0 Å². The predicted molar refractivity (Wildman–Crippen MR) is 67.7 cm³/mol. The molecule has 0 radical (unpaired) electrons. The maximum absolute atomic E-state index is 11.7. The monoisotopic (exact) mass is 236 g/mol. The normalized spacial score (nSPS) is 11.2. The minimum atomic E-state index is -0.519. The van der Waals surface area contributed by atoms with Gasteiger partial charge in [-0.3, -0.25) is 4.79 Å². The first-order valence-corrected chi connectivity index (χ1v) is 5.72. The lowest BCUT2D eigenvalue weighted by atomic mass is 9.92. The third kappa shape index (κ3) is 4.07. The first-order chi connectivity index (χ1) is 7.95. The number of aromatic hydroxyl groups is 1. The third-order valence-electron chi connectivity index (χ3n) is 2.76. The third-order valence-corrected chi connectivity index (χ3v) is 2.76. The molecule has 1 aromatic carbocycles. The maximum Gasteiger partial charge on any atom is 0.226 e. The fourth-order valence-corrected chi connectivity index (χ4v) is 1.31. The Morgan fingerprint density at radius 2 is 1.94 bits per heavy atom. The van der Waals surface area contributed by atoms with E-state index in [9.17, 15) is 4.79 Å². The van der Waals surface area contributed by atoms with Crippen molar-refractivity contribution in [3.05, 3.63) is 29.8 Å². The minimum Gasteiger partial charge on any atom is -0.508 e. The lowest BCUT2D eigenvalue weighted by molar-refractivity contribution is -0.128. The molecular formula is C13H20N2O2. The number of phenolic OH excluding ortho intramolecular Hbond substituents is 1. The van der Waals surface area contributed by atoms with Crippen LogP contribution in [0.2, 0.25) is 0 Å². The highest BCUT2D eigenvalue weighted by atomic mass is 16.3. The number of carbonyl (C=O) groups is 1. The molecule has 0 spiro atoms. The van der Waals surface area contributed by atoms with Crippen molar-refractivity contribution in [3.63, 3.8) is 0 Å². The summed E-state index contributed by atoms with van der Waals surface area (Å²) in [6, 6.07) is 6.97. The molecule has 0 saturated carbocycles. The van der Waals surface area contributed by atoms with Crippen molar-refractivity contribution in [2.75, 3.05) is 13.1 Å². The van der Waals surface area contributed by atoms with Crippen LogP contribution in [-0.4, -0.2) is 24.1 Å². The molecule has 4 N–H and O–H groups in total. The molecule has 0 heterocycles. The molecule has 0 atom stereocenters. The van der Waals surface area contributed by atoms with E-state index in [1.54, 1.807) is 12.1 Å². The van der Waals surface area contributed by atoms with Crippen molar-refractivity contribution in [2.45, 2.75) is 20.3 Å². The van der Waals surface area contributed by atoms with E-state index in [1.165, 1.54) is 0 Å². The van der Waals surface area contributed by atoms with Gasteiger partial charge in [-0.15, -0.1) is 0 Å². The van der Waals surface area contributed by atoms with E-state index < -0.39 is 5.41 Å². The summed E-state index contributed by atoms with van der Waals surface area (Å²) in [5.41, 5.74) is 6.08. The quantitative estimate of drug-likeness (QED) is 0.715. The number of nitrogens with two attached hydrogens (primary N) is 1. The zero-order valence-electron chi connectivity index (χ0n) is 10.4. The van der Waals surface area contributed by atoms with Gasteiger partial charge in [0.2, 0.25) is 5.91 Å². The lowest BCUT2D eigenvalue weighted by Crippen LogP contribution is -2.42. The van der Waals surface area contributed by atoms with E-state index >= 15 is 0 Å². The Morgan fingerprint density at radius 1 is 1.35 bits per heavy atom. The average Bonchev–Trinajstić information content (AvgIpc) is 2.31. The number of carbonyl (C=O) groups excluding carboxylic acids is 1. The number of rotatable bonds is 5. The Kier molecular flexibility index (Phi) is 4.52. The van der Waals surface area contributed by atoms with Crippen LogP contribution in [0.25, 0.3) is 0 Å². The molecule has 0 aliphatic carbocycles. The van der Waals surface area contributed by atoms with Crippen LogP contribution in [0.1, 0.15) is 19.4 Å². The molecule has 0 unspecified atom stereocenters. The Morgan fingerprint density at radius 3 is 2.47 bits per heavy atom. The van der Waals surface area contributed by atoms with Crippen molar-refractivity contribution in [3.8, 4) is 5.75 Å². The Labute approximate surface area is 102 Å². The summed E-state index contributed by atoms with van der Waals surface area (Å²) in [5, 5.41) is 12.0. The molecule has 1 rings (SSSR count). The Hall–Kier alpha value is -1.55. The van der Waals surface area contributed by atoms with Crippen LogP contribution in [0, 0.1) is 5.41 Å². The molecule has 4 heteroatoms. The van der Waals surface area contributed by atoms with Gasteiger partial charge in [-0.2, -0.15) is 0 Å². The minimum absolute atomic E-state index is 0.0289. The second-order valence-electron chi connectivity index (χ2n) is 4.76. The smallest absolute Gasteiger partial charge is 0.226 e. The molecule has 0 bridgehead atoms. The highest BCUT2D eigenvalue weighted by molar-refractivity contribution is 5.82. The van der Waals surface area contributed by atoms with E-state index in [0.29, 0.717) is 13.1 Å². The molecule has 94 valence electrons.